The molecule has 1 unspecified atom stereocenters. The van der Waals surface area contributed by atoms with Crippen molar-refractivity contribution >= 4 is 21.7 Å². The van der Waals surface area contributed by atoms with E-state index in [0.29, 0.717) is 17.6 Å². The SMILES string of the molecule is CCNC(=NCc1ccc(NS(C)(=O)=O)cc1)N1CCC2(CCOC2)C1. The molecule has 144 valence electrons. The number of benzene rings is 1. The lowest BCUT2D eigenvalue weighted by Crippen LogP contribution is -2.41. The molecule has 2 aliphatic heterocycles. The van der Waals surface area contributed by atoms with E-state index in [-0.39, 0.29) is 0 Å². The van der Waals surface area contributed by atoms with E-state index >= 15 is 0 Å². The Labute approximate surface area is 155 Å². The zero-order valence-corrected chi connectivity index (χ0v) is 16.3. The molecule has 2 fully saturated rings. The number of nitrogens with zero attached hydrogens (tertiary/aromatic N) is 2. The zero-order chi connectivity index (χ0) is 18.6. The van der Waals surface area contributed by atoms with E-state index in [4.69, 9.17) is 9.73 Å². The number of likely N-dealkylation sites (tertiary alicyclic amines) is 1. The summed E-state index contributed by atoms with van der Waals surface area (Å²) in [6, 6.07) is 7.33. The number of nitrogens with one attached hydrogen (secondary N) is 2. The Bertz CT molecular complexity index is 740. The number of hydrogen-bond acceptors (Lipinski definition) is 4. The minimum atomic E-state index is -3.25. The molecule has 8 heteroatoms. The highest BCUT2D eigenvalue weighted by molar-refractivity contribution is 7.92. The Morgan fingerprint density at radius 1 is 1.31 bits per heavy atom. The number of anilines is 1. The molecule has 0 saturated carbocycles. The van der Waals surface area contributed by atoms with Crippen LogP contribution in [0.5, 0.6) is 0 Å². The third-order valence-corrected chi connectivity index (χ3v) is 5.53. The molecule has 1 aromatic carbocycles. The normalized spacial score (nSPS) is 23.6. The first-order valence-corrected chi connectivity index (χ1v) is 11.0. The van der Waals surface area contributed by atoms with Crippen molar-refractivity contribution in [3.63, 3.8) is 0 Å². The lowest BCUT2D eigenvalue weighted by Gasteiger charge is -2.25. The van der Waals surface area contributed by atoms with Gasteiger partial charge in [-0.25, -0.2) is 13.4 Å². The molecule has 2 N–H and O–H groups in total. The van der Waals surface area contributed by atoms with Crippen molar-refractivity contribution in [2.75, 3.05) is 43.8 Å². The van der Waals surface area contributed by atoms with Crippen molar-refractivity contribution in [1.29, 1.82) is 0 Å². The molecule has 3 rings (SSSR count). The second-order valence-electron chi connectivity index (χ2n) is 7.22. The fourth-order valence-corrected chi connectivity index (χ4v) is 4.14. The fourth-order valence-electron chi connectivity index (χ4n) is 3.57. The predicted octanol–water partition coefficient (Wildman–Crippen LogP) is 1.64. The Morgan fingerprint density at radius 2 is 2.08 bits per heavy atom. The Balaban J connectivity index is 1.64. The molecule has 1 atom stereocenters. The van der Waals surface area contributed by atoms with Gasteiger partial charge in [0.15, 0.2) is 5.96 Å². The summed E-state index contributed by atoms with van der Waals surface area (Å²) in [4.78, 5) is 7.11. The molecule has 2 heterocycles. The van der Waals surface area contributed by atoms with Crippen LogP contribution in [-0.4, -0.2) is 58.4 Å². The van der Waals surface area contributed by atoms with Crippen molar-refractivity contribution in [2.45, 2.75) is 26.3 Å². The fraction of sp³-hybridized carbons (Fsp3) is 0.611. The van der Waals surface area contributed by atoms with Crippen LogP contribution in [0.3, 0.4) is 0 Å². The molecule has 0 bridgehead atoms. The van der Waals surface area contributed by atoms with Gasteiger partial charge in [0.2, 0.25) is 10.0 Å². The van der Waals surface area contributed by atoms with E-state index < -0.39 is 10.0 Å². The third kappa shape index (κ3) is 4.88. The monoisotopic (exact) mass is 380 g/mol. The summed E-state index contributed by atoms with van der Waals surface area (Å²) < 4.78 is 30.6. The lowest BCUT2D eigenvalue weighted by atomic mass is 9.87. The van der Waals surface area contributed by atoms with E-state index in [2.05, 4.69) is 21.9 Å². The van der Waals surface area contributed by atoms with Crippen LogP contribution in [0.15, 0.2) is 29.3 Å². The van der Waals surface area contributed by atoms with E-state index in [1.807, 2.05) is 12.1 Å². The number of sulfonamides is 1. The molecule has 26 heavy (non-hydrogen) atoms. The van der Waals surface area contributed by atoms with Crippen molar-refractivity contribution in [3.05, 3.63) is 29.8 Å². The first-order valence-electron chi connectivity index (χ1n) is 9.07. The number of hydrogen-bond donors (Lipinski definition) is 2. The molecule has 2 saturated heterocycles. The van der Waals surface area contributed by atoms with Crippen LogP contribution in [0.4, 0.5) is 5.69 Å². The Hall–Kier alpha value is -1.80. The molecule has 0 radical (unpaired) electrons. The summed E-state index contributed by atoms with van der Waals surface area (Å²) in [5.41, 5.74) is 1.90. The average molecular weight is 381 g/mol. The summed E-state index contributed by atoms with van der Waals surface area (Å²) >= 11 is 0. The van der Waals surface area contributed by atoms with Gasteiger partial charge < -0.3 is 15.0 Å². The van der Waals surface area contributed by atoms with Crippen molar-refractivity contribution in [3.8, 4) is 0 Å². The van der Waals surface area contributed by atoms with Crippen LogP contribution in [0, 0.1) is 5.41 Å². The molecule has 1 spiro atoms. The second-order valence-corrected chi connectivity index (χ2v) is 8.96. The van der Waals surface area contributed by atoms with Gasteiger partial charge in [-0.3, -0.25) is 4.72 Å². The summed E-state index contributed by atoms with van der Waals surface area (Å²) in [7, 11) is -3.25. The van der Waals surface area contributed by atoms with Crippen LogP contribution >= 0.6 is 0 Å². The molecule has 7 nitrogen and oxygen atoms in total. The van der Waals surface area contributed by atoms with Crippen molar-refractivity contribution in [2.24, 2.45) is 10.4 Å². The highest BCUT2D eigenvalue weighted by Crippen LogP contribution is 2.38. The quantitative estimate of drug-likeness (QED) is 0.599. The summed E-state index contributed by atoms with van der Waals surface area (Å²) in [6.45, 7) is 7.19. The minimum Gasteiger partial charge on any atom is -0.381 e. The van der Waals surface area contributed by atoms with Gasteiger partial charge in [0.25, 0.3) is 0 Å². The van der Waals surface area contributed by atoms with E-state index in [9.17, 15) is 8.42 Å². The van der Waals surface area contributed by atoms with Crippen molar-refractivity contribution < 1.29 is 13.2 Å². The van der Waals surface area contributed by atoms with Crippen LogP contribution in [0.2, 0.25) is 0 Å². The number of rotatable bonds is 5. The smallest absolute Gasteiger partial charge is 0.229 e. The average Bonchev–Trinajstić information content (AvgIpc) is 3.22. The van der Waals surface area contributed by atoms with Crippen LogP contribution in [-0.2, 0) is 21.3 Å². The molecular weight excluding hydrogens is 352 g/mol. The minimum absolute atomic E-state index is 0.301. The maximum atomic E-state index is 11.3. The van der Waals surface area contributed by atoms with Crippen molar-refractivity contribution in [1.82, 2.24) is 10.2 Å². The predicted molar refractivity (Wildman–Crippen MR) is 104 cm³/mol. The third-order valence-electron chi connectivity index (χ3n) is 4.93. The topological polar surface area (TPSA) is 83.0 Å². The number of guanidine groups is 1. The number of ether oxygens (including phenoxy) is 1. The van der Waals surface area contributed by atoms with Gasteiger partial charge >= 0.3 is 0 Å². The largest absolute Gasteiger partial charge is 0.381 e. The first kappa shape index (κ1) is 19.0. The van der Waals surface area contributed by atoms with E-state index in [1.54, 1.807) is 12.1 Å². The van der Waals surface area contributed by atoms with E-state index in [0.717, 1.165) is 63.5 Å². The second kappa shape index (κ2) is 7.84. The van der Waals surface area contributed by atoms with Crippen LogP contribution < -0.4 is 10.0 Å². The molecular formula is C18H28N4O3S. The molecule has 0 aliphatic carbocycles. The Morgan fingerprint density at radius 3 is 2.69 bits per heavy atom. The van der Waals surface area contributed by atoms with Gasteiger partial charge in [-0.2, -0.15) is 0 Å². The number of aliphatic imine (C=N–C) groups is 1. The van der Waals surface area contributed by atoms with Gasteiger partial charge in [0, 0.05) is 37.3 Å². The highest BCUT2D eigenvalue weighted by Gasteiger charge is 2.42. The van der Waals surface area contributed by atoms with Crippen LogP contribution in [0.25, 0.3) is 0 Å². The molecule has 0 amide bonds. The molecule has 2 aliphatic rings. The first-order chi connectivity index (χ1) is 12.4. The Kier molecular flexibility index (Phi) is 5.72. The maximum absolute atomic E-state index is 11.3. The van der Waals surface area contributed by atoms with Crippen LogP contribution in [0.1, 0.15) is 25.3 Å². The molecule has 0 aromatic heterocycles. The zero-order valence-electron chi connectivity index (χ0n) is 15.5. The summed E-state index contributed by atoms with van der Waals surface area (Å²) in [5, 5.41) is 3.39. The van der Waals surface area contributed by atoms with Gasteiger partial charge in [-0.05, 0) is 37.5 Å². The van der Waals surface area contributed by atoms with Gasteiger partial charge in [-0.15, -0.1) is 0 Å². The highest BCUT2D eigenvalue weighted by atomic mass is 32.2. The maximum Gasteiger partial charge on any atom is 0.229 e. The lowest BCUT2D eigenvalue weighted by molar-refractivity contribution is 0.156. The van der Waals surface area contributed by atoms with Gasteiger partial charge in [0.05, 0.1) is 19.4 Å². The van der Waals surface area contributed by atoms with E-state index in [1.165, 1.54) is 0 Å². The standard InChI is InChI=1S/C18H28N4O3S/c1-3-19-17(22-10-8-18(13-22)9-11-25-14-18)20-12-15-4-6-16(7-5-15)21-26(2,23)24/h4-7,21H,3,8-14H2,1-2H3,(H,19,20). The van der Waals surface area contributed by atoms with Gasteiger partial charge in [-0.1, -0.05) is 12.1 Å². The summed E-state index contributed by atoms with van der Waals surface area (Å²) in [5.74, 6) is 0.939. The van der Waals surface area contributed by atoms with Gasteiger partial charge in [0.1, 0.15) is 0 Å². The molecule has 1 aromatic rings. The summed E-state index contributed by atoms with van der Waals surface area (Å²) in [6.07, 6.45) is 3.44.